The van der Waals surface area contributed by atoms with Crippen LogP contribution >= 0.6 is 24.0 Å². The molecule has 1 aromatic rings. The molecule has 0 atom stereocenters. The van der Waals surface area contributed by atoms with Crippen molar-refractivity contribution in [3.63, 3.8) is 0 Å². The number of aliphatic imine (C=N–C) groups is 1. The number of benzene rings is 1. The maximum atomic E-state index is 5.40. The zero-order chi connectivity index (χ0) is 15.6. The monoisotopic (exact) mass is 431 g/mol. The predicted octanol–water partition coefficient (Wildman–Crippen LogP) is 3.10. The molecular formula is C17H26IN3O2. The Hall–Kier alpha value is -1.44. The van der Waals surface area contributed by atoms with Gasteiger partial charge in [0.2, 0.25) is 6.79 Å². The fourth-order valence-corrected chi connectivity index (χ4v) is 2.18. The van der Waals surface area contributed by atoms with Crippen LogP contribution in [0.4, 0.5) is 0 Å². The first-order chi connectivity index (χ1) is 10.8. The second kappa shape index (κ2) is 11.2. The maximum Gasteiger partial charge on any atom is 0.231 e. The lowest BCUT2D eigenvalue weighted by Crippen LogP contribution is -2.38. The average Bonchev–Trinajstić information content (AvgIpc) is 2.99. The minimum absolute atomic E-state index is 0. The fourth-order valence-electron chi connectivity index (χ4n) is 2.18. The van der Waals surface area contributed by atoms with Gasteiger partial charge >= 0.3 is 0 Å². The minimum atomic E-state index is 0. The molecule has 1 aliphatic rings. The quantitative estimate of drug-likeness (QED) is 0.229. The first-order valence-electron chi connectivity index (χ1n) is 7.85. The molecule has 0 aromatic heterocycles. The predicted molar refractivity (Wildman–Crippen MR) is 105 cm³/mol. The number of nitrogens with one attached hydrogen (secondary N) is 2. The Balaban J connectivity index is 0.00000264. The molecule has 6 heteroatoms. The van der Waals surface area contributed by atoms with E-state index in [2.05, 4.69) is 40.8 Å². The van der Waals surface area contributed by atoms with Gasteiger partial charge in [0.1, 0.15) is 0 Å². The second-order valence-corrected chi connectivity index (χ2v) is 4.98. The smallest absolute Gasteiger partial charge is 0.231 e. The molecule has 1 heterocycles. The van der Waals surface area contributed by atoms with Crippen molar-refractivity contribution < 1.29 is 9.47 Å². The molecule has 5 nitrogen and oxygen atoms in total. The van der Waals surface area contributed by atoms with Crippen molar-refractivity contribution in [2.75, 3.05) is 26.4 Å². The third-order valence-corrected chi connectivity index (χ3v) is 3.29. The molecule has 0 unspecified atom stereocenters. The number of ether oxygens (including phenoxy) is 2. The summed E-state index contributed by atoms with van der Waals surface area (Å²) in [6, 6.07) is 6.08. The number of allylic oxidation sites excluding steroid dienone is 1. The number of rotatable bonds is 7. The van der Waals surface area contributed by atoms with Gasteiger partial charge in [-0.25, -0.2) is 0 Å². The molecule has 0 aliphatic carbocycles. The maximum absolute atomic E-state index is 5.40. The number of hydrogen-bond donors (Lipinski definition) is 2. The number of fused-ring (bicyclic) bond motifs is 1. The lowest BCUT2D eigenvalue weighted by atomic mass is 10.1. The zero-order valence-electron chi connectivity index (χ0n) is 13.8. The van der Waals surface area contributed by atoms with Crippen LogP contribution in [0.15, 0.2) is 35.3 Å². The van der Waals surface area contributed by atoms with E-state index in [-0.39, 0.29) is 24.0 Å². The summed E-state index contributed by atoms with van der Waals surface area (Å²) < 4.78 is 10.7. The van der Waals surface area contributed by atoms with Crippen LogP contribution in [0.25, 0.3) is 0 Å². The van der Waals surface area contributed by atoms with Crippen molar-refractivity contribution in [2.24, 2.45) is 4.99 Å². The number of halogens is 1. The largest absolute Gasteiger partial charge is 0.454 e. The van der Waals surface area contributed by atoms with E-state index in [1.165, 1.54) is 5.56 Å². The topological polar surface area (TPSA) is 54.9 Å². The van der Waals surface area contributed by atoms with Crippen LogP contribution in [0.2, 0.25) is 0 Å². The standard InChI is InChI=1S/C17H25N3O2.HI/c1-3-5-6-10-19-17(18-4-2)20-11-9-14-7-8-15-16(12-14)22-13-21-15;/h3,5,7-8,12H,4,6,9-11,13H2,1-2H3,(H2,18,19,20);1H/b5-3+;. The first kappa shape index (κ1) is 19.6. The number of hydrogen-bond acceptors (Lipinski definition) is 3. The molecule has 2 rings (SSSR count). The highest BCUT2D eigenvalue weighted by atomic mass is 127. The Labute approximate surface area is 155 Å². The van der Waals surface area contributed by atoms with E-state index in [1.54, 1.807) is 0 Å². The van der Waals surface area contributed by atoms with E-state index in [4.69, 9.17) is 9.47 Å². The van der Waals surface area contributed by atoms with Crippen molar-refractivity contribution >= 4 is 29.9 Å². The molecule has 0 spiro atoms. The van der Waals surface area contributed by atoms with Crippen LogP contribution in [0, 0.1) is 0 Å². The van der Waals surface area contributed by atoms with E-state index < -0.39 is 0 Å². The highest BCUT2D eigenvalue weighted by Gasteiger charge is 2.12. The Morgan fingerprint density at radius 2 is 2.09 bits per heavy atom. The molecule has 1 aromatic carbocycles. The molecule has 23 heavy (non-hydrogen) atoms. The van der Waals surface area contributed by atoms with Crippen molar-refractivity contribution in [3.8, 4) is 11.5 Å². The minimum Gasteiger partial charge on any atom is -0.454 e. The average molecular weight is 431 g/mol. The fraction of sp³-hybridized carbons (Fsp3) is 0.471. The van der Waals surface area contributed by atoms with E-state index in [0.717, 1.165) is 49.9 Å². The van der Waals surface area contributed by atoms with Crippen molar-refractivity contribution in [1.29, 1.82) is 0 Å². The Bertz CT molecular complexity index is 533. The third kappa shape index (κ3) is 6.68. The summed E-state index contributed by atoms with van der Waals surface area (Å²) >= 11 is 0. The van der Waals surface area contributed by atoms with Gasteiger partial charge in [-0.3, -0.25) is 4.99 Å². The van der Waals surface area contributed by atoms with E-state index >= 15 is 0 Å². The molecule has 0 radical (unpaired) electrons. The molecule has 2 N–H and O–H groups in total. The van der Waals surface area contributed by atoms with Crippen LogP contribution in [0.5, 0.6) is 11.5 Å². The van der Waals surface area contributed by atoms with E-state index in [0.29, 0.717) is 6.79 Å². The molecule has 1 aliphatic heterocycles. The Morgan fingerprint density at radius 1 is 1.26 bits per heavy atom. The van der Waals surface area contributed by atoms with Crippen LogP contribution < -0.4 is 20.1 Å². The molecule has 0 bridgehead atoms. The van der Waals surface area contributed by atoms with Crippen LogP contribution in [0.3, 0.4) is 0 Å². The molecule has 0 fully saturated rings. The van der Waals surface area contributed by atoms with Gasteiger partial charge in [-0.2, -0.15) is 0 Å². The van der Waals surface area contributed by atoms with Gasteiger partial charge in [-0.05, 0) is 44.4 Å². The molecule has 0 amide bonds. The Kier molecular flexibility index (Phi) is 9.51. The van der Waals surface area contributed by atoms with Crippen molar-refractivity contribution in [2.45, 2.75) is 26.7 Å². The lowest BCUT2D eigenvalue weighted by molar-refractivity contribution is 0.174. The van der Waals surface area contributed by atoms with Crippen LogP contribution in [-0.4, -0.2) is 32.4 Å². The van der Waals surface area contributed by atoms with Gasteiger partial charge in [0, 0.05) is 19.6 Å². The van der Waals surface area contributed by atoms with Gasteiger partial charge in [-0.15, -0.1) is 24.0 Å². The lowest BCUT2D eigenvalue weighted by Gasteiger charge is -2.11. The van der Waals surface area contributed by atoms with Gasteiger partial charge < -0.3 is 20.1 Å². The highest BCUT2D eigenvalue weighted by molar-refractivity contribution is 14.0. The summed E-state index contributed by atoms with van der Waals surface area (Å²) in [5.41, 5.74) is 1.22. The third-order valence-electron chi connectivity index (χ3n) is 3.29. The van der Waals surface area contributed by atoms with Crippen molar-refractivity contribution in [3.05, 3.63) is 35.9 Å². The van der Waals surface area contributed by atoms with Gasteiger partial charge in [0.05, 0.1) is 0 Å². The number of nitrogens with zero attached hydrogens (tertiary/aromatic N) is 1. The summed E-state index contributed by atoms with van der Waals surface area (Å²) in [6.45, 7) is 6.90. The molecule has 0 saturated heterocycles. The second-order valence-electron chi connectivity index (χ2n) is 4.98. The Morgan fingerprint density at radius 3 is 2.87 bits per heavy atom. The normalized spacial score (nSPS) is 13.0. The first-order valence-corrected chi connectivity index (χ1v) is 7.85. The molecular weight excluding hydrogens is 405 g/mol. The molecule has 128 valence electrons. The van der Waals surface area contributed by atoms with Gasteiger partial charge in [-0.1, -0.05) is 18.2 Å². The van der Waals surface area contributed by atoms with Gasteiger partial charge in [0.15, 0.2) is 17.5 Å². The highest BCUT2D eigenvalue weighted by Crippen LogP contribution is 2.32. The summed E-state index contributed by atoms with van der Waals surface area (Å²) in [5.74, 6) is 2.53. The molecule has 0 saturated carbocycles. The van der Waals surface area contributed by atoms with Gasteiger partial charge in [0.25, 0.3) is 0 Å². The zero-order valence-corrected chi connectivity index (χ0v) is 16.1. The number of guanidine groups is 1. The van der Waals surface area contributed by atoms with E-state index in [1.807, 2.05) is 19.1 Å². The summed E-state index contributed by atoms with van der Waals surface area (Å²) in [6.07, 6.45) is 6.06. The van der Waals surface area contributed by atoms with Crippen molar-refractivity contribution in [1.82, 2.24) is 10.6 Å². The van der Waals surface area contributed by atoms with Crippen LogP contribution in [-0.2, 0) is 6.42 Å². The summed E-state index contributed by atoms with van der Waals surface area (Å²) in [7, 11) is 0. The summed E-state index contributed by atoms with van der Waals surface area (Å²) in [4.78, 5) is 4.54. The van der Waals surface area contributed by atoms with Crippen LogP contribution in [0.1, 0.15) is 25.8 Å². The SMILES string of the molecule is C/C=C/CCN=C(NCC)NCCc1ccc2c(c1)OCO2.I. The summed E-state index contributed by atoms with van der Waals surface area (Å²) in [5, 5.41) is 6.61. The van der Waals surface area contributed by atoms with E-state index in [9.17, 15) is 0 Å².